The minimum atomic E-state index is -0.361. The number of aliphatic hydroxyl groups excluding tert-OH is 1. The Balaban J connectivity index is 1.79. The summed E-state index contributed by atoms with van der Waals surface area (Å²) >= 11 is 0. The molecule has 0 radical (unpaired) electrons. The van der Waals surface area contributed by atoms with Crippen molar-refractivity contribution < 1.29 is 14.7 Å². The van der Waals surface area contributed by atoms with Gasteiger partial charge in [0.15, 0.2) is 0 Å². The molecule has 18 heavy (non-hydrogen) atoms. The number of hydrogen-bond donors (Lipinski definition) is 4. The van der Waals surface area contributed by atoms with Crippen LogP contribution >= 0.6 is 0 Å². The molecule has 0 bridgehead atoms. The smallest absolute Gasteiger partial charge is 0.238 e. The first-order valence-corrected chi connectivity index (χ1v) is 6.54. The van der Waals surface area contributed by atoms with Crippen molar-refractivity contribution >= 4 is 11.8 Å². The topological polar surface area (TPSA) is 90.5 Å². The van der Waals surface area contributed by atoms with Crippen molar-refractivity contribution in [2.24, 2.45) is 5.41 Å². The number of piperazine rings is 1. The normalized spacial score (nSPS) is 26.7. The molecule has 1 aliphatic carbocycles. The maximum absolute atomic E-state index is 11.9. The van der Waals surface area contributed by atoms with Gasteiger partial charge >= 0.3 is 0 Å². The maximum atomic E-state index is 11.9. The quantitative estimate of drug-likeness (QED) is 0.505. The van der Waals surface area contributed by atoms with E-state index in [0.29, 0.717) is 13.1 Å². The number of carbonyl (C=O) groups excluding carboxylic acids is 2. The third kappa shape index (κ3) is 3.00. The zero-order valence-corrected chi connectivity index (χ0v) is 10.5. The van der Waals surface area contributed by atoms with Gasteiger partial charge in [-0.3, -0.25) is 14.9 Å². The molecule has 0 aromatic carbocycles. The predicted octanol–water partition coefficient (Wildman–Crippen LogP) is -1.26. The molecule has 1 saturated carbocycles. The molecule has 2 fully saturated rings. The second-order valence-electron chi connectivity index (χ2n) is 5.32. The van der Waals surface area contributed by atoms with Crippen LogP contribution in [0.3, 0.4) is 0 Å². The lowest BCUT2D eigenvalue weighted by Gasteiger charge is -2.29. The second kappa shape index (κ2) is 5.67. The highest BCUT2D eigenvalue weighted by atomic mass is 16.3. The van der Waals surface area contributed by atoms with Crippen LogP contribution in [0.2, 0.25) is 0 Å². The van der Waals surface area contributed by atoms with Gasteiger partial charge in [-0.1, -0.05) is 12.8 Å². The van der Waals surface area contributed by atoms with Crippen LogP contribution in [0.25, 0.3) is 0 Å². The summed E-state index contributed by atoms with van der Waals surface area (Å²) in [6.07, 6.45) is 4.18. The largest absolute Gasteiger partial charge is 0.396 e. The molecule has 1 atom stereocenters. The summed E-state index contributed by atoms with van der Waals surface area (Å²) in [5.41, 5.74) is -0.131. The molecule has 0 aromatic heterocycles. The number of nitrogens with one attached hydrogen (secondary N) is 3. The molecule has 2 amide bonds. The molecule has 6 nitrogen and oxygen atoms in total. The first-order chi connectivity index (χ1) is 8.65. The molecule has 102 valence electrons. The molecule has 1 aliphatic heterocycles. The molecule has 6 heteroatoms. The van der Waals surface area contributed by atoms with Crippen molar-refractivity contribution in [2.75, 3.05) is 26.2 Å². The van der Waals surface area contributed by atoms with Crippen LogP contribution in [0.15, 0.2) is 0 Å². The third-order valence-electron chi connectivity index (χ3n) is 3.97. The summed E-state index contributed by atoms with van der Waals surface area (Å²) in [5.74, 6) is -0.184. The van der Waals surface area contributed by atoms with Gasteiger partial charge in [0.2, 0.25) is 11.8 Å². The average Bonchev–Trinajstić information content (AvgIpc) is 2.86. The summed E-state index contributed by atoms with van der Waals surface area (Å²) in [6.45, 7) is 1.16. The number of amides is 2. The Bertz CT molecular complexity index is 317. The minimum absolute atomic E-state index is 0.0818. The Labute approximate surface area is 107 Å². The van der Waals surface area contributed by atoms with Crippen molar-refractivity contribution in [1.29, 1.82) is 0 Å². The molecule has 2 aliphatic rings. The zero-order valence-electron chi connectivity index (χ0n) is 10.5. The van der Waals surface area contributed by atoms with Crippen LogP contribution in [0.1, 0.15) is 25.7 Å². The van der Waals surface area contributed by atoms with E-state index in [9.17, 15) is 14.7 Å². The Morgan fingerprint density at radius 3 is 2.72 bits per heavy atom. The number of hydrogen-bond acceptors (Lipinski definition) is 4. The van der Waals surface area contributed by atoms with Gasteiger partial charge in [0.25, 0.3) is 0 Å². The molecule has 2 rings (SSSR count). The summed E-state index contributed by atoms with van der Waals surface area (Å²) in [7, 11) is 0. The van der Waals surface area contributed by atoms with Gasteiger partial charge < -0.3 is 15.7 Å². The van der Waals surface area contributed by atoms with E-state index in [1.54, 1.807) is 0 Å². The van der Waals surface area contributed by atoms with Crippen molar-refractivity contribution in [3.63, 3.8) is 0 Å². The third-order valence-corrected chi connectivity index (χ3v) is 3.97. The number of rotatable bonds is 4. The van der Waals surface area contributed by atoms with Gasteiger partial charge in [0.05, 0.1) is 13.2 Å². The van der Waals surface area contributed by atoms with Crippen molar-refractivity contribution in [2.45, 2.75) is 31.7 Å². The summed E-state index contributed by atoms with van der Waals surface area (Å²) in [5, 5.41) is 17.9. The van der Waals surface area contributed by atoms with Crippen LogP contribution in [0.4, 0.5) is 0 Å². The first-order valence-electron chi connectivity index (χ1n) is 6.54. The average molecular weight is 255 g/mol. The highest BCUT2D eigenvalue weighted by Gasteiger charge is 2.34. The summed E-state index contributed by atoms with van der Waals surface area (Å²) in [4.78, 5) is 22.9. The maximum Gasteiger partial charge on any atom is 0.238 e. The fraction of sp³-hybridized carbons (Fsp3) is 0.833. The highest BCUT2D eigenvalue weighted by molar-refractivity contribution is 5.86. The van der Waals surface area contributed by atoms with Gasteiger partial charge in [0.1, 0.15) is 6.04 Å². The van der Waals surface area contributed by atoms with Gasteiger partial charge in [-0.25, -0.2) is 0 Å². The fourth-order valence-electron chi connectivity index (χ4n) is 2.67. The Hall–Kier alpha value is -1.14. The lowest BCUT2D eigenvalue weighted by atomic mass is 9.87. The van der Waals surface area contributed by atoms with Gasteiger partial charge in [-0.15, -0.1) is 0 Å². The lowest BCUT2D eigenvalue weighted by molar-refractivity contribution is -0.127. The molecule has 1 unspecified atom stereocenters. The van der Waals surface area contributed by atoms with Crippen molar-refractivity contribution in [3.8, 4) is 0 Å². The van der Waals surface area contributed by atoms with E-state index in [-0.39, 0.29) is 36.4 Å². The minimum Gasteiger partial charge on any atom is -0.396 e. The molecule has 4 N–H and O–H groups in total. The Morgan fingerprint density at radius 1 is 1.44 bits per heavy atom. The van der Waals surface area contributed by atoms with Crippen molar-refractivity contribution in [1.82, 2.24) is 16.0 Å². The van der Waals surface area contributed by atoms with Gasteiger partial charge in [0, 0.05) is 18.5 Å². The Kier molecular flexibility index (Phi) is 4.19. The van der Waals surface area contributed by atoms with Crippen molar-refractivity contribution in [3.05, 3.63) is 0 Å². The summed E-state index contributed by atoms with van der Waals surface area (Å²) in [6, 6.07) is -0.361. The van der Waals surface area contributed by atoms with E-state index in [0.717, 1.165) is 25.7 Å². The van der Waals surface area contributed by atoms with Crippen LogP contribution in [-0.4, -0.2) is 49.2 Å². The van der Waals surface area contributed by atoms with Crippen LogP contribution in [0, 0.1) is 5.41 Å². The van der Waals surface area contributed by atoms with E-state index in [2.05, 4.69) is 16.0 Å². The summed E-state index contributed by atoms with van der Waals surface area (Å²) < 4.78 is 0. The zero-order chi connectivity index (χ0) is 13.0. The van der Waals surface area contributed by atoms with Crippen LogP contribution in [0.5, 0.6) is 0 Å². The SMILES string of the molecule is O=C1CNC(C(=O)NCC2(CO)CCCC2)CN1. The van der Waals surface area contributed by atoms with Crippen LogP contribution < -0.4 is 16.0 Å². The van der Waals surface area contributed by atoms with Crippen LogP contribution in [-0.2, 0) is 9.59 Å². The number of carbonyl (C=O) groups is 2. The molecule has 1 saturated heterocycles. The van der Waals surface area contributed by atoms with E-state index >= 15 is 0 Å². The number of aliphatic hydroxyl groups is 1. The lowest BCUT2D eigenvalue weighted by Crippen LogP contribution is -2.58. The fourth-order valence-corrected chi connectivity index (χ4v) is 2.67. The monoisotopic (exact) mass is 255 g/mol. The molecule has 0 spiro atoms. The van der Waals surface area contributed by atoms with E-state index < -0.39 is 0 Å². The molecular weight excluding hydrogens is 234 g/mol. The predicted molar refractivity (Wildman–Crippen MR) is 65.8 cm³/mol. The van der Waals surface area contributed by atoms with E-state index in [1.165, 1.54) is 0 Å². The molecule has 0 aromatic rings. The second-order valence-corrected chi connectivity index (χ2v) is 5.32. The Morgan fingerprint density at radius 2 is 2.17 bits per heavy atom. The molecule has 1 heterocycles. The standard InChI is InChI=1S/C12H21N3O3/c16-8-12(3-1-2-4-12)7-15-11(18)9-5-14-10(17)6-13-9/h9,13,16H,1-8H2,(H,14,17)(H,15,18). The first kappa shape index (κ1) is 13.3. The molecular formula is C12H21N3O3. The van der Waals surface area contributed by atoms with Gasteiger partial charge in [-0.2, -0.15) is 0 Å². The van der Waals surface area contributed by atoms with Gasteiger partial charge in [-0.05, 0) is 12.8 Å². The van der Waals surface area contributed by atoms with E-state index in [1.807, 2.05) is 0 Å². The van der Waals surface area contributed by atoms with E-state index in [4.69, 9.17) is 0 Å². The highest BCUT2D eigenvalue weighted by Crippen LogP contribution is 2.36.